The lowest BCUT2D eigenvalue weighted by Crippen LogP contribution is -2.47. The van der Waals surface area contributed by atoms with Crippen LogP contribution in [0.25, 0.3) is 0 Å². The van der Waals surface area contributed by atoms with Crippen molar-refractivity contribution in [2.75, 3.05) is 20.3 Å². The van der Waals surface area contributed by atoms with Crippen LogP contribution in [0.2, 0.25) is 0 Å². The molecule has 1 heterocycles. The lowest BCUT2D eigenvalue weighted by molar-refractivity contribution is -0.135. The number of ether oxygens (including phenoxy) is 1. The maximum absolute atomic E-state index is 14.4. The molecule has 0 bridgehead atoms. The van der Waals surface area contributed by atoms with Crippen molar-refractivity contribution in [2.45, 2.75) is 57.8 Å². The van der Waals surface area contributed by atoms with E-state index in [0.717, 1.165) is 44.2 Å². The lowest BCUT2D eigenvalue weighted by atomic mass is 9.60. The minimum Gasteiger partial charge on any atom is -0.478 e. The molecule has 2 aliphatic rings. The van der Waals surface area contributed by atoms with Gasteiger partial charge in [0.15, 0.2) is 11.6 Å². The van der Waals surface area contributed by atoms with Crippen LogP contribution in [-0.2, 0) is 19.7 Å². The van der Waals surface area contributed by atoms with Gasteiger partial charge in [-0.3, -0.25) is 0 Å². The average Bonchev–Trinajstić information content (AvgIpc) is 2.75. The number of halogens is 2. The number of carbonyl (C=O) groups is 2. The van der Waals surface area contributed by atoms with Crippen LogP contribution < -0.4 is 0 Å². The Hall–Kier alpha value is -2.74. The number of aliphatic carboxylic acids is 2. The highest BCUT2D eigenvalue weighted by atomic mass is 19.2. The molecule has 1 aromatic carbocycles. The molecular weight excluding hydrogens is 432 g/mol. The lowest BCUT2D eigenvalue weighted by Gasteiger charge is -2.46. The van der Waals surface area contributed by atoms with E-state index < -0.39 is 29.0 Å². The normalized spacial score (nSPS) is 19.2. The highest BCUT2D eigenvalue weighted by Crippen LogP contribution is 2.52. The van der Waals surface area contributed by atoms with Gasteiger partial charge >= 0.3 is 11.9 Å². The first-order valence-electron chi connectivity index (χ1n) is 11.3. The van der Waals surface area contributed by atoms with Crippen molar-refractivity contribution in [3.63, 3.8) is 0 Å². The maximum atomic E-state index is 14.4. The van der Waals surface area contributed by atoms with E-state index >= 15 is 0 Å². The molecule has 6 nitrogen and oxygen atoms in total. The molecule has 0 spiro atoms. The Labute approximate surface area is 192 Å². The summed E-state index contributed by atoms with van der Waals surface area (Å²) in [7, 11) is 1.51. The number of methoxy groups -OCH3 is 1. The molecule has 0 saturated heterocycles. The second-order valence-electron chi connectivity index (χ2n) is 8.92. The van der Waals surface area contributed by atoms with Crippen molar-refractivity contribution in [2.24, 2.45) is 5.92 Å². The summed E-state index contributed by atoms with van der Waals surface area (Å²) in [5.41, 5.74) is -0.945. The molecule has 1 fully saturated rings. The topological polar surface area (TPSA) is 87.1 Å². The first-order valence-corrected chi connectivity index (χ1v) is 11.3. The summed E-state index contributed by atoms with van der Waals surface area (Å²) in [4.78, 5) is 27.1. The van der Waals surface area contributed by atoms with Gasteiger partial charge in [-0.1, -0.05) is 38.2 Å². The van der Waals surface area contributed by atoms with Gasteiger partial charge in [-0.05, 0) is 43.9 Å². The fraction of sp³-hybridized carbons (Fsp3) is 0.520. The third kappa shape index (κ3) is 4.53. The largest absolute Gasteiger partial charge is 0.478 e. The number of benzene rings is 1. The average molecular weight is 464 g/mol. The number of nitrogens with zero attached hydrogens (tertiary/aromatic N) is 1. The van der Waals surface area contributed by atoms with E-state index in [9.17, 15) is 28.6 Å². The van der Waals surface area contributed by atoms with Crippen LogP contribution in [0, 0.1) is 17.6 Å². The smallest absolute Gasteiger partial charge is 0.334 e. The molecule has 1 aliphatic heterocycles. The van der Waals surface area contributed by atoms with Gasteiger partial charge in [0.05, 0.1) is 23.2 Å². The molecule has 2 N–H and O–H groups in total. The Morgan fingerprint density at radius 3 is 2.09 bits per heavy atom. The number of allylic oxidation sites excluding steroid dienone is 2. The van der Waals surface area contributed by atoms with Crippen LogP contribution in [0.15, 0.2) is 40.7 Å². The monoisotopic (exact) mass is 463 g/mol. The predicted octanol–water partition coefficient (Wildman–Crippen LogP) is 4.85. The number of carboxylic acid groups (broad SMARTS) is 2. The molecule has 1 saturated carbocycles. The molecule has 0 unspecified atom stereocenters. The summed E-state index contributed by atoms with van der Waals surface area (Å²) in [6.45, 7) is 3.79. The SMILES string of the molecule is COCCN1C(C)=C(C(=O)O)C(CC2CCCCC2)(c2ccc(F)c(F)c2)C(C(=O)O)=C1C. The molecule has 1 aliphatic carbocycles. The minimum absolute atomic E-state index is 0.0571. The van der Waals surface area contributed by atoms with Crippen LogP contribution >= 0.6 is 0 Å². The van der Waals surface area contributed by atoms with Crippen LogP contribution in [0.1, 0.15) is 57.9 Å². The molecule has 0 aromatic heterocycles. The summed E-state index contributed by atoms with van der Waals surface area (Å²) in [5, 5.41) is 20.8. The fourth-order valence-electron chi connectivity index (χ4n) is 5.65. The van der Waals surface area contributed by atoms with Gasteiger partial charge in [0, 0.05) is 25.0 Å². The second kappa shape index (κ2) is 10.0. The van der Waals surface area contributed by atoms with E-state index in [4.69, 9.17) is 4.74 Å². The summed E-state index contributed by atoms with van der Waals surface area (Å²) in [6.07, 6.45) is 4.87. The van der Waals surface area contributed by atoms with E-state index in [-0.39, 0.29) is 42.2 Å². The zero-order chi connectivity index (χ0) is 24.3. The summed E-state index contributed by atoms with van der Waals surface area (Å²) < 4.78 is 33.5. The van der Waals surface area contributed by atoms with Gasteiger partial charge in [0.25, 0.3) is 0 Å². The number of hydrogen-bond acceptors (Lipinski definition) is 4. The second-order valence-corrected chi connectivity index (χ2v) is 8.92. The van der Waals surface area contributed by atoms with E-state index in [0.29, 0.717) is 11.4 Å². The Morgan fingerprint density at radius 2 is 1.61 bits per heavy atom. The van der Waals surface area contributed by atoms with Gasteiger partial charge in [-0.2, -0.15) is 0 Å². The Bertz CT molecular complexity index is 957. The van der Waals surface area contributed by atoms with Crippen LogP contribution in [0.3, 0.4) is 0 Å². The quantitative estimate of drug-likeness (QED) is 0.573. The van der Waals surface area contributed by atoms with Gasteiger partial charge in [0.1, 0.15) is 0 Å². The van der Waals surface area contributed by atoms with Gasteiger partial charge in [0.2, 0.25) is 0 Å². The molecule has 180 valence electrons. The highest BCUT2D eigenvalue weighted by molar-refractivity contribution is 6.00. The zero-order valence-corrected chi connectivity index (χ0v) is 19.3. The van der Waals surface area contributed by atoms with E-state index in [1.807, 2.05) is 0 Å². The highest BCUT2D eigenvalue weighted by Gasteiger charge is 2.53. The molecule has 33 heavy (non-hydrogen) atoms. The Balaban J connectivity index is 2.37. The predicted molar refractivity (Wildman–Crippen MR) is 118 cm³/mol. The van der Waals surface area contributed by atoms with E-state index in [1.165, 1.54) is 13.2 Å². The van der Waals surface area contributed by atoms with Gasteiger partial charge in [-0.25, -0.2) is 18.4 Å². The first-order chi connectivity index (χ1) is 15.6. The van der Waals surface area contributed by atoms with E-state index in [1.54, 1.807) is 18.7 Å². The molecule has 1 aromatic rings. The molecule has 0 radical (unpaired) electrons. The molecule has 3 rings (SSSR count). The van der Waals surface area contributed by atoms with Crippen molar-refractivity contribution in [3.05, 3.63) is 57.9 Å². The summed E-state index contributed by atoms with van der Waals surface area (Å²) in [6, 6.07) is 3.21. The number of hydrogen-bond donors (Lipinski definition) is 2. The van der Waals surface area contributed by atoms with Crippen molar-refractivity contribution in [1.82, 2.24) is 4.90 Å². The first kappa shape index (κ1) is 24.9. The third-order valence-corrected chi connectivity index (χ3v) is 7.07. The van der Waals surface area contributed by atoms with Crippen LogP contribution in [-0.4, -0.2) is 47.3 Å². The Kier molecular flexibility index (Phi) is 7.57. The maximum Gasteiger partial charge on any atom is 0.334 e. The van der Waals surface area contributed by atoms with Crippen molar-refractivity contribution >= 4 is 11.9 Å². The summed E-state index contributed by atoms with van der Waals surface area (Å²) in [5.74, 6) is -4.70. The van der Waals surface area contributed by atoms with Crippen LogP contribution in [0.4, 0.5) is 8.78 Å². The minimum atomic E-state index is -1.62. The van der Waals surface area contributed by atoms with E-state index in [2.05, 4.69) is 0 Å². The van der Waals surface area contributed by atoms with Gasteiger partial charge < -0.3 is 19.8 Å². The molecule has 8 heteroatoms. The summed E-state index contributed by atoms with van der Waals surface area (Å²) >= 11 is 0. The van der Waals surface area contributed by atoms with Crippen molar-refractivity contribution in [3.8, 4) is 0 Å². The standard InChI is InChI=1S/C25H31F2NO5/c1-15-21(23(29)30)25(14-17-7-5-4-6-8-17,18-9-10-19(26)20(27)13-18)22(24(31)32)16(2)28(15)11-12-33-3/h9-10,13,17H,4-8,11-12,14H2,1-3H3,(H,29,30)(H,31,32). The van der Waals surface area contributed by atoms with Crippen molar-refractivity contribution in [1.29, 1.82) is 0 Å². The van der Waals surface area contributed by atoms with Crippen LogP contribution in [0.5, 0.6) is 0 Å². The molecule has 0 atom stereocenters. The van der Waals surface area contributed by atoms with Gasteiger partial charge in [-0.15, -0.1) is 0 Å². The third-order valence-electron chi connectivity index (χ3n) is 7.07. The number of rotatable bonds is 8. The van der Waals surface area contributed by atoms with Crippen molar-refractivity contribution < 1.29 is 33.3 Å². The molecular formula is C25H31F2NO5. The Morgan fingerprint density at radius 1 is 1.03 bits per heavy atom. The fourth-order valence-corrected chi connectivity index (χ4v) is 5.65. The number of carboxylic acids is 2. The molecule has 0 amide bonds. The zero-order valence-electron chi connectivity index (χ0n) is 19.3.